The Kier molecular flexibility index (Phi) is 8.89. The highest BCUT2D eigenvalue weighted by Crippen LogP contribution is 2.21. The van der Waals surface area contributed by atoms with Gasteiger partial charge in [0.25, 0.3) is 0 Å². The first kappa shape index (κ1) is 23.4. The molecule has 1 aliphatic heterocycles. The van der Waals surface area contributed by atoms with Gasteiger partial charge in [-0.05, 0) is 56.6 Å². The fourth-order valence-electron chi connectivity index (χ4n) is 3.11. The Morgan fingerprint density at radius 3 is 2.27 bits per heavy atom. The second kappa shape index (κ2) is 11.4. The van der Waals surface area contributed by atoms with Crippen LogP contribution in [0.4, 0.5) is 0 Å². The van der Waals surface area contributed by atoms with Crippen LogP contribution in [0.1, 0.15) is 29.9 Å². The number of carbonyl (C=O) groups excluding carboxylic acids is 1. The number of nitrogens with zero attached hydrogens (tertiary/aromatic N) is 1. The van der Waals surface area contributed by atoms with Crippen molar-refractivity contribution >= 4 is 29.4 Å². The first-order valence-electron chi connectivity index (χ1n) is 9.51. The van der Waals surface area contributed by atoms with Crippen molar-refractivity contribution in [3.8, 4) is 0 Å². The normalized spacial score (nSPS) is 14.5. The maximum absolute atomic E-state index is 12.4. The Morgan fingerprint density at radius 1 is 1.10 bits per heavy atom. The van der Waals surface area contributed by atoms with E-state index in [4.69, 9.17) is 35.8 Å². The first-order valence-corrected chi connectivity index (χ1v) is 9.89. The third-order valence-electron chi connectivity index (χ3n) is 4.73. The average Bonchev–Trinajstić information content (AvgIpc) is 3.12. The molecule has 3 rings (SSSR count). The summed E-state index contributed by atoms with van der Waals surface area (Å²) >= 11 is 6.12. The van der Waals surface area contributed by atoms with Crippen LogP contribution in [-0.2, 0) is 27.5 Å². The number of carbonyl (C=O) groups is 3. The molecule has 0 unspecified atom stereocenters. The van der Waals surface area contributed by atoms with E-state index in [1.54, 1.807) is 0 Å². The number of amides is 1. The standard InChI is InChI=1S/C19H23ClN2O2.C2H2O4/c1-14-6-7-17(24-14)13-22-10-8-15(9-11-22)19(23)21-12-16-4-2-3-5-18(16)20;3-1(4)2(5)6/h2-7,15H,8-13H2,1H3,(H,21,23);(H,3,4)(H,5,6). The number of hydrogen-bond acceptors (Lipinski definition) is 5. The SMILES string of the molecule is Cc1ccc(CN2CCC(C(=O)NCc3ccccc3Cl)CC2)o1.O=C(O)C(=O)O. The number of benzene rings is 1. The monoisotopic (exact) mass is 436 g/mol. The van der Waals surface area contributed by atoms with E-state index in [9.17, 15) is 4.79 Å². The number of piperidine rings is 1. The van der Waals surface area contributed by atoms with Gasteiger partial charge in [0.05, 0.1) is 6.54 Å². The zero-order valence-electron chi connectivity index (χ0n) is 16.6. The Bertz CT molecular complexity index is 862. The summed E-state index contributed by atoms with van der Waals surface area (Å²) in [6.45, 7) is 5.11. The summed E-state index contributed by atoms with van der Waals surface area (Å²) in [7, 11) is 0. The van der Waals surface area contributed by atoms with E-state index in [0.29, 0.717) is 11.6 Å². The van der Waals surface area contributed by atoms with Crippen molar-refractivity contribution < 1.29 is 29.0 Å². The number of likely N-dealkylation sites (tertiary alicyclic amines) is 1. The van der Waals surface area contributed by atoms with Crippen LogP contribution in [0.2, 0.25) is 5.02 Å². The van der Waals surface area contributed by atoms with Crippen molar-refractivity contribution in [3.63, 3.8) is 0 Å². The number of aliphatic carboxylic acids is 2. The molecule has 1 saturated heterocycles. The van der Waals surface area contributed by atoms with E-state index >= 15 is 0 Å². The van der Waals surface area contributed by atoms with Crippen molar-refractivity contribution in [2.75, 3.05) is 13.1 Å². The minimum Gasteiger partial charge on any atom is -0.473 e. The van der Waals surface area contributed by atoms with E-state index in [2.05, 4.69) is 10.2 Å². The number of aryl methyl sites for hydroxylation is 1. The highest BCUT2D eigenvalue weighted by atomic mass is 35.5. The van der Waals surface area contributed by atoms with Gasteiger partial charge >= 0.3 is 11.9 Å². The van der Waals surface area contributed by atoms with Crippen molar-refractivity contribution in [2.24, 2.45) is 5.92 Å². The molecule has 2 aromatic rings. The fourth-order valence-corrected chi connectivity index (χ4v) is 3.31. The molecule has 8 nitrogen and oxygen atoms in total. The van der Waals surface area contributed by atoms with Crippen molar-refractivity contribution in [1.82, 2.24) is 10.2 Å². The van der Waals surface area contributed by atoms with Gasteiger partial charge in [0, 0.05) is 17.5 Å². The lowest BCUT2D eigenvalue weighted by Crippen LogP contribution is -2.40. The predicted molar refractivity (Wildman–Crippen MR) is 110 cm³/mol. The summed E-state index contributed by atoms with van der Waals surface area (Å²) in [4.78, 5) is 32.9. The van der Waals surface area contributed by atoms with Gasteiger partial charge in [-0.15, -0.1) is 0 Å². The smallest absolute Gasteiger partial charge is 0.414 e. The lowest BCUT2D eigenvalue weighted by Gasteiger charge is -2.30. The average molecular weight is 437 g/mol. The van der Waals surface area contributed by atoms with Gasteiger partial charge in [0.15, 0.2) is 0 Å². The second-order valence-electron chi connectivity index (χ2n) is 6.98. The minimum atomic E-state index is -1.82. The number of hydrogen-bond donors (Lipinski definition) is 3. The molecule has 0 bridgehead atoms. The van der Waals surface area contributed by atoms with E-state index in [1.165, 1.54) is 0 Å². The molecule has 1 aliphatic rings. The minimum absolute atomic E-state index is 0.0853. The zero-order chi connectivity index (χ0) is 22.1. The Morgan fingerprint density at radius 2 is 1.73 bits per heavy atom. The van der Waals surface area contributed by atoms with E-state index in [0.717, 1.165) is 49.6 Å². The van der Waals surface area contributed by atoms with Crippen LogP contribution >= 0.6 is 11.6 Å². The fraction of sp³-hybridized carbons (Fsp3) is 0.381. The number of halogens is 1. The van der Waals surface area contributed by atoms with Crippen molar-refractivity contribution in [1.29, 1.82) is 0 Å². The molecule has 1 fully saturated rings. The molecule has 0 aliphatic carbocycles. The molecule has 0 saturated carbocycles. The summed E-state index contributed by atoms with van der Waals surface area (Å²) in [6, 6.07) is 11.6. The highest BCUT2D eigenvalue weighted by molar-refractivity contribution is 6.31. The topological polar surface area (TPSA) is 120 Å². The van der Waals surface area contributed by atoms with Gasteiger partial charge in [-0.25, -0.2) is 9.59 Å². The summed E-state index contributed by atoms with van der Waals surface area (Å²) in [5.41, 5.74) is 0.957. The van der Waals surface area contributed by atoms with Crippen molar-refractivity contribution in [2.45, 2.75) is 32.9 Å². The maximum atomic E-state index is 12.4. The predicted octanol–water partition coefficient (Wildman–Crippen LogP) is 2.93. The molecule has 1 aromatic heterocycles. The van der Waals surface area contributed by atoms with Crippen LogP contribution in [0.15, 0.2) is 40.8 Å². The van der Waals surface area contributed by atoms with Crippen LogP contribution in [-0.4, -0.2) is 46.0 Å². The van der Waals surface area contributed by atoms with Gasteiger partial charge in [-0.1, -0.05) is 29.8 Å². The van der Waals surface area contributed by atoms with Crippen molar-refractivity contribution in [3.05, 3.63) is 58.5 Å². The number of furan rings is 1. The molecule has 9 heteroatoms. The molecular weight excluding hydrogens is 412 g/mol. The van der Waals surface area contributed by atoms with Gasteiger partial charge in [-0.3, -0.25) is 9.69 Å². The largest absolute Gasteiger partial charge is 0.473 e. The molecule has 162 valence electrons. The van der Waals surface area contributed by atoms with Crippen LogP contribution in [0.5, 0.6) is 0 Å². The lowest BCUT2D eigenvalue weighted by atomic mass is 9.95. The molecule has 2 heterocycles. The van der Waals surface area contributed by atoms with Crippen LogP contribution in [0.3, 0.4) is 0 Å². The van der Waals surface area contributed by atoms with E-state index in [1.807, 2.05) is 43.3 Å². The van der Waals surface area contributed by atoms with Gasteiger partial charge < -0.3 is 19.9 Å². The Hall–Kier alpha value is -2.84. The number of nitrogens with one attached hydrogen (secondary N) is 1. The number of rotatable bonds is 5. The molecule has 0 atom stereocenters. The Labute approximate surface area is 179 Å². The number of carboxylic acids is 2. The lowest BCUT2D eigenvalue weighted by molar-refractivity contribution is -0.159. The molecule has 3 N–H and O–H groups in total. The van der Waals surface area contributed by atoms with Crippen LogP contribution in [0, 0.1) is 12.8 Å². The Balaban J connectivity index is 0.000000469. The van der Waals surface area contributed by atoms with Crippen LogP contribution in [0.25, 0.3) is 0 Å². The van der Waals surface area contributed by atoms with E-state index < -0.39 is 11.9 Å². The summed E-state index contributed by atoms with van der Waals surface area (Å²) in [5.74, 6) is -1.50. The second-order valence-corrected chi connectivity index (χ2v) is 7.39. The molecular formula is C21H25ClN2O6. The molecule has 1 amide bonds. The molecule has 1 aromatic carbocycles. The molecule has 0 spiro atoms. The summed E-state index contributed by atoms with van der Waals surface area (Å²) < 4.78 is 5.63. The quantitative estimate of drug-likeness (QED) is 0.616. The first-order chi connectivity index (χ1) is 14.3. The van der Waals surface area contributed by atoms with Gasteiger partial charge in [0.1, 0.15) is 11.5 Å². The summed E-state index contributed by atoms with van der Waals surface area (Å²) in [5, 5.41) is 18.5. The van der Waals surface area contributed by atoms with Gasteiger partial charge in [-0.2, -0.15) is 0 Å². The summed E-state index contributed by atoms with van der Waals surface area (Å²) in [6.07, 6.45) is 1.77. The molecule has 0 radical (unpaired) electrons. The van der Waals surface area contributed by atoms with Gasteiger partial charge in [0.2, 0.25) is 5.91 Å². The number of carboxylic acid groups (broad SMARTS) is 2. The third kappa shape index (κ3) is 7.53. The van der Waals surface area contributed by atoms with E-state index in [-0.39, 0.29) is 11.8 Å². The third-order valence-corrected chi connectivity index (χ3v) is 5.10. The van der Waals surface area contributed by atoms with Crippen LogP contribution < -0.4 is 5.32 Å². The molecule has 30 heavy (non-hydrogen) atoms. The maximum Gasteiger partial charge on any atom is 0.414 e. The highest BCUT2D eigenvalue weighted by Gasteiger charge is 2.25. The zero-order valence-corrected chi connectivity index (χ0v) is 17.4.